The molecule has 0 bridgehead atoms. The zero-order valence-electron chi connectivity index (χ0n) is 8.68. The van der Waals surface area contributed by atoms with E-state index in [1.54, 1.807) is 7.05 Å². The third kappa shape index (κ3) is 5.22. The number of amides is 2. The van der Waals surface area contributed by atoms with Gasteiger partial charge in [-0.2, -0.15) is 0 Å². The van der Waals surface area contributed by atoms with Crippen molar-refractivity contribution < 1.29 is 9.59 Å². The highest BCUT2D eigenvalue weighted by Gasteiger charge is 2.17. The van der Waals surface area contributed by atoms with E-state index in [0.29, 0.717) is 6.42 Å². The van der Waals surface area contributed by atoms with Crippen LogP contribution in [0, 0.1) is 5.92 Å². The van der Waals surface area contributed by atoms with Crippen molar-refractivity contribution >= 4 is 11.8 Å². The monoisotopic (exact) mass is 186 g/mol. The molecule has 0 aromatic rings. The Labute approximate surface area is 79.1 Å². The summed E-state index contributed by atoms with van der Waals surface area (Å²) in [6.45, 7) is 5.41. The molecule has 0 aliphatic rings. The average Bonchev–Trinajstić information content (AvgIpc) is 2.02. The van der Waals surface area contributed by atoms with E-state index in [4.69, 9.17) is 0 Å². The summed E-state index contributed by atoms with van der Waals surface area (Å²) in [6, 6.07) is -0.0718. The maximum atomic E-state index is 11.0. The fourth-order valence-corrected chi connectivity index (χ4v) is 1.02. The van der Waals surface area contributed by atoms with E-state index in [-0.39, 0.29) is 23.8 Å². The molecule has 0 aliphatic heterocycles. The third-order valence-electron chi connectivity index (χ3n) is 1.88. The van der Waals surface area contributed by atoms with Gasteiger partial charge in [0.2, 0.25) is 11.8 Å². The van der Waals surface area contributed by atoms with Gasteiger partial charge in [-0.05, 0) is 5.92 Å². The molecule has 0 aliphatic carbocycles. The second-order valence-electron chi connectivity index (χ2n) is 3.43. The molecule has 4 nitrogen and oxygen atoms in total. The normalized spacial score (nSPS) is 12.4. The SMILES string of the molecule is CNC(=O)CC(NC(C)=O)C(C)C. The van der Waals surface area contributed by atoms with Gasteiger partial charge in [0.25, 0.3) is 0 Å². The van der Waals surface area contributed by atoms with Gasteiger partial charge in [-0.3, -0.25) is 9.59 Å². The van der Waals surface area contributed by atoms with Crippen molar-refractivity contribution in [3.8, 4) is 0 Å². The summed E-state index contributed by atoms with van der Waals surface area (Å²) in [5, 5.41) is 5.28. The zero-order valence-corrected chi connectivity index (χ0v) is 8.68. The van der Waals surface area contributed by atoms with Crippen LogP contribution >= 0.6 is 0 Å². The van der Waals surface area contributed by atoms with Crippen LogP contribution in [0.2, 0.25) is 0 Å². The maximum Gasteiger partial charge on any atom is 0.221 e. The van der Waals surface area contributed by atoms with Gasteiger partial charge in [0.15, 0.2) is 0 Å². The fraction of sp³-hybridized carbons (Fsp3) is 0.778. The number of hydrogen-bond donors (Lipinski definition) is 2. The Balaban J connectivity index is 4.09. The number of carbonyl (C=O) groups is 2. The minimum Gasteiger partial charge on any atom is -0.359 e. The summed E-state index contributed by atoms with van der Waals surface area (Å²) in [4.78, 5) is 21.8. The third-order valence-corrected chi connectivity index (χ3v) is 1.88. The molecule has 13 heavy (non-hydrogen) atoms. The van der Waals surface area contributed by atoms with Gasteiger partial charge < -0.3 is 10.6 Å². The molecule has 0 radical (unpaired) electrons. The Morgan fingerprint density at radius 1 is 1.31 bits per heavy atom. The first-order valence-electron chi connectivity index (χ1n) is 4.45. The Morgan fingerprint density at radius 2 is 1.85 bits per heavy atom. The Morgan fingerprint density at radius 3 is 2.15 bits per heavy atom. The van der Waals surface area contributed by atoms with Crippen LogP contribution in [0.15, 0.2) is 0 Å². The Bertz CT molecular complexity index is 190. The molecule has 2 N–H and O–H groups in total. The van der Waals surface area contributed by atoms with Crippen molar-refractivity contribution in [1.29, 1.82) is 0 Å². The van der Waals surface area contributed by atoms with Crippen molar-refractivity contribution in [2.45, 2.75) is 33.2 Å². The van der Waals surface area contributed by atoms with Gasteiger partial charge in [-0.15, -0.1) is 0 Å². The summed E-state index contributed by atoms with van der Waals surface area (Å²) in [5.74, 6) is 0.122. The summed E-state index contributed by atoms with van der Waals surface area (Å²) in [6.07, 6.45) is 0.341. The molecule has 4 heteroatoms. The van der Waals surface area contributed by atoms with E-state index in [2.05, 4.69) is 10.6 Å². The molecule has 0 fully saturated rings. The minimum atomic E-state index is -0.0948. The van der Waals surface area contributed by atoms with E-state index < -0.39 is 0 Å². The number of carbonyl (C=O) groups excluding carboxylic acids is 2. The molecule has 0 heterocycles. The average molecular weight is 186 g/mol. The van der Waals surface area contributed by atoms with Crippen LogP contribution in [0.25, 0.3) is 0 Å². The highest BCUT2D eigenvalue weighted by molar-refractivity contribution is 5.78. The summed E-state index contributed by atoms with van der Waals surface area (Å²) in [5.41, 5.74) is 0. The predicted octanol–water partition coefficient (Wildman–Crippen LogP) is 0.283. The van der Waals surface area contributed by atoms with Crippen molar-refractivity contribution in [3.05, 3.63) is 0 Å². The topological polar surface area (TPSA) is 58.2 Å². The van der Waals surface area contributed by atoms with Crippen molar-refractivity contribution in [2.24, 2.45) is 5.92 Å². The molecule has 2 amide bonds. The molecule has 1 unspecified atom stereocenters. The van der Waals surface area contributed by atoms with E-state index >= 15 is 0 Å². The summed E-state index contributed by atoms with van der Waals surface area (Å²) < 4.78 is 0. The standard InChI is InChI=1S/C9H18N2O2/c1-6(2)8(11-7(3)12)5-9(13)10-4/h6,8H,5H2,1-4H3,(H,10,13)(H,11,12). The minimum absolute atomic E-state index is 0.0487. The largest absolute Gasteiger partial charge is 0.359 e. The van der Waals surface area contributed by atoms with Gasteiger partial charge >= 0.3 is 0 Å². The summed E-state index contributed by atoms with van der Waals surface area (Å²) in [7, 11) is 1.59. The molecule has 0 aromatic carbocycles. The van der Waals surface area contributed by atoms with E-state index in [1.807, 2.05) is 13.8 Å². The number of nitrogens with one attached hydrogen (secondary N) is 2. The molecule has 0 aromatic heterocycles. The lowest BCUT2D eigenvalue weighted by Gasteiger charge is -2.20. The van der Waals surface area contributed by atoms with Gasteiger partial charge in [0.05, 0.1) is 0 Å². The molecular weight excluding hydrogens is 168 g/mol. The van der Waals surface area contributed by atoms with Crippen LogP contribution in [0.5, 0.6) is 0 Å². The van der Waals surface area contributed by atoms with E-state index in [0.717, 1.165) is 0 Å². The second kappa shape index (κ2) is 5.56. The predicted molar refractivity (Wildman–Crippen MR) is 51.1 cm³/mol. The van der Waals surface area contributed by atoms with Gasteiger partial charge in [0.1, 0.15) is 0 Å². The fourth-order valence-electron chi connectivity index (χ4n) is 1.02. The van der Waals surface area contributed by atoms with Crippen molar-refractivity contribution in [1.82, 2.24) is 10.6 Å². The van der Waals surface area contributed by atoms with Crippen LogP contribution in [0.3, 0.4) is 0 Å². The summed E-state index contributed by atoms with van der Waals surface area (Å²) >= 11 is 0. The first kappa shape index (κ1) is 11.9. The highest BCUT2D eigenvalue weighted by Crippen LogP contribution is 2.05. The van der Waals surface area contributed by atoms with Gasteiger partial charge in [-0.1, -0.05) is 13.8 Å². The second-order valence-corrected chi connectivity index (χ2v) is 3.43. The van der Waals surface area contributed by atoms with Crippen LogP contribution < -0.4 is 10.6 Å². The van der Waals surface area contributed by atoms with E-state index in [1.165, 1.54) is 6.92 Å². The molecule has 1 atom stereocenters. The molecular formula is C9H18N2O2. The smallest absolute Gasteiger partial charge is 0.221 e. The van der Waals surface area contributed by atoms with Crippen molar-refractivity contribution in [3.63, 3.8) is 0 Å². The molecule has 0 saturated heterocycles. The molecule has 0 saturated carbocycles. The van der Waals surface area contributed by atoms with E-state index in [9.17, 15) is 9.59 Å². The Hall–Kier alpha value is -1.06. The van der Waals surface area contributed by atoms with Crippen LogP contribution in [-0.2, 0) is 9.59 Å². The highest BCUT2D eigenvalue weighted by atomic mass is 16.2. The van der Waals surface area contributed by atoms with Crippen LogP contribution in [0.4, 0.5) is 0 Å². The molecule has 0 spiro atoms. The lowest BCUT2D eigenvalue weighted by Crippen LogP contribution is -2.40. The maximum absolute atomic E-state index is 11.0. The van der Waals surface area contributed by atoms with Crippen LogP contribution in [0.1, 0.15) is 27.2 Å². The number of hydrogen-bond acceptors (Lipinski definition) is 2. The van der Waals surface area contributed by atoms with Crippen molar-refractivity contribution in [2.75, 3.05) is 7.05 Å². The molecule has 0 rings (SSSR count). The first-order valence-corrected chi connectivity index (χ1v) is 4.45. The first-order chi connectivity index (χ1) is 5.97. The quantitative estimate of drug-likeness (QED) is 0.662. The van der Waals surface area contributed by atoms with Gasteiger partial charge in [-0.25, -0.2) is 0 Å². The van der Waals surface area contributed by atoms with Crippen LogP contribution in [-0.4, -0.2) is 24.9 Å². The molecule has 76 valence electrons. The lowest BCUT2D eigenvalue weighted by atomic mass is 10.0. The van der Waals surface area contributed by atoms with Gasteiger partial charge in [0, 0.05) is 26.4 Å². The number of rotatable bonds is 4. The Kier molecular flexibility index (Phi) is 5.11. The lowest BCUT2D eigenvalue weighted by molar-refractivity contribution is -0.122. The zero-order chi connectivity index (χ0) is 10.4.